The molecule has 1 N–H and O–H groups in total. The number of aliphatic hydroxyl groups excluding tert-OH is 1. The Morgan fingerprint density at radius 3 is 2.81 bits per heavy atom. The maximum Gasteiger partial charge on any atom is 0.226 e. The minimum atomic E-state index is -0.766. The third kappa shape index (κ3) is 4.29. The number of hydrogen-bond donors (Lipinski definition) is 1. The minimum absolute atomic E-state index is 0.0330. The van der Waals surface area contributed by atoms with Gasteiger partial charge in [-0.2, -0.15) is 5.26 Å². The lowest BCUT2D eigenvalue weighted by molar-refractivity contribution is -0.136. The zero-order valence-corrected chi connectivity index (χ0v) is 16.0. The number of benzene rings is 1. The molecule has 3 rings (SSSR count). The van der Waals surface area contributed by atoms with Gasteiger partial charge < -0.3 is 10.0 Å². The molecule has 1 unspecified atom stereocenters. The highest BCUT2D eigenvalue weighted by molar-refractivity contribution is 6.31. The summed E-state index contributed by atoms with van der Waals surface area (Å²) >= 11 is 6.13. The van der Waals surface area contributed by atoms with Crippen LogP contribution in [0.4, 0.5) is 0 Å². The van der Waals surface area contributed by atoms with E-state index >= 15 is 0 Å². The molecule has 140 valence electrons. The highest BCUT2D eigenvalue weighted by Crippen LogP contribution is 2.32. The van der Waals surface area contributed by atoms with Gasteiger partial charge in [0.1, 0.15) is 6.07 Å². The second-order valence-electron chi connectivity index (χ2n) is 6.90. The smallest absolute Gasteiger partial charge is 0.226 e. The van der Waals surface area contributed by atoms with Gasteiger partial charge in [-0.3, -0.25) is 9.78 Å². The van der Waals surface area contributed by atoms with Crippen LogP contribution in [0.3, 0.4) is 0 Å². The van der Waals surface area contributed by atoms with Gasteiger partial charge in [0, 0.05) is 30.4 Å². The number of fused-ring (bicyclic) bond motifs is 1. The van der Waals surface area contributed by atoms with Crippen molar-refractivity contribution >= 4 is 17.5 Å². The molecule has 0 fully saturated rings. The van der Waals surface area contributed by atoms with E-state index in [4.69, 9.17) is 16.9 Å². The van der Waals surface area contributed by atoms with Gasteiger partial charge in [-0.05, 0) is 48.6 Å². The Morgan fingerprint density at radius 1 is 1.44 bits per heavy atom. The van der Waals surface area contributed by atoms with E-state index in [0.717, 1.165) is 17.5 Å². The SMILES string of the molecule is CCCN(C[C@@H](O)c1cccnc1)C(=O)C1Cc2cc(Cl)c(C#N)cc2C1. The summed E-state index contributed by atoms with van der Waals surface area (Å²) in [5, 5.41) is 20.1. The summed E-state index contributed by atoms with van der Waals surface area (Å²) in [7, 11) is 0. The number of nitrogens with zero attached hydrogens (tertiary/aromatic N) is 3. The summed E-state index contributed by atoms with van der Waals surface area (Å²) in [5.74, 6) is -0.150. The van der Waals surface area contributed by atoms with Crippen LogP contribution in [0.5, 0.6) is 0 Å². The van der Waals surface area contributed by atoms with Crippen LogP contribution in [0.2, 0.25) is 5.02 Å². The predicted octanol–water partition coefficient (Wildman–Crippen LogP) is 3.29. The van der Waals surface area contributed by atoms with Crippen LogP contribution in [-0.2, 0) is 17.6 Å². The maximum absolute atomic E-state index is 13.1. The van der Waals surface area contributed by atoms with Gasteiger partial charge in [0.2, 0.25) is 5.91 Å². The Hall–Kier alpha value is -2.42. The van der Waals surface area contributed by atoms with Crippen LogP contribution in [0.25, 0.3) is 0 Å². The first-order valence-electron chi connectivity index (χ1n) is 9.11. The number of aromatic nitrogens is 1. The number of pyridine rings is 1. The summed E-state index contributed by atoms with van der Waals surface area (Å²) in [5.41, 5.74) is 3.19. The van der Waals surface area contributed by atoms with E-state index in [-0.39, 0.29) is 18.4 Å². The summed E-state index contributed by atoms with van der Waals surface area (Å²) in [4.78, 5) is 18.9. The van der Waals surface area contributed by atoms with Crippen molar-refractivity contribution in [2.24, 2.45) is 5.92 Å². The zero-order chi connectivity index (χ0) is 19.4. The number of halogens is 1. The monoisotopic (exact) mass is 383 g/mol. The highest BCUT2D eigenvalue weighted by atomic mass is 35.5. The van der Waals surface area contributed by atoms with Crippen LogP contribution in [0, 0.1) is 17.2 Å². The first-order valence-corrected chi connectivity index (χ1v) is 9.49. The van der Waals surface area contributed by atoms with Crippen LogP contribution in [0.15, 0.2) is 36.7 Å². The summed E-state index contributed by atoms with van der Waals surface area (Å²) in [6.07, 6.45) is 4.54. The van der Waals surface area contributed by atoms with Crippen LogP contribution < -0.4 is 0 Å². The molecule has 27 heavy (non-hydrogen) atoms. The molecule has 1 aromatic heterocycles. The second kappa shape index (κ2) is 8.51. The molecule has 5 nitrogen and oxygen atoms in total. The van der Waals surface area contributed by atoms with Gasteiger partial charge >= 0.3 is 0 Å². The number of nitriles is 1. The van der Waals surface area contributed by atoms with E-state index in [9.17, 15) is 9.90 Å². The fourth-order valence-corrected chi connectivity index (χ4v) is 3.84. The molecule has 1 aromatic carbocycles. The summed E-state index contributed by atoms with van der Waals surface area (Å²) in [6.45, 7) is 2.85. The van der Waals surface area contributed by atoms with Crippen LogP contribution >= 0.6 is 11.6 Å². The Balaban J connectivity index is 1.73. The quantitative estimate of drug-likeness (QED) is 0.830. The Labute approximate surface area is 164 Å². The molecule has 0 radical (unpaired) electrons. The number of carbonyl (C=O) groups excluding carboxylic acids is 1. The molecule has 1 heterocycles. The summed E-state index contributed by atoms with van der Waals surface area (Å²) < 4.78 is 0. The average Bonchev–Trinajstić information content (AvgIpc) is 3.09. The summed E-state index contributed by atoms with van der Waals surface area (Å²) in [6, 6.07) is 9.27. The number of carbonyl (C=O) groups is 1. The van der Waals surface area contributed by atoms with Gasteiger partial charge in [0.25, 0.3) is 0 Å². The van der Waals surface area contributed by atoms with E-state index in [1.165, 1.54) is 0 Å². The molecule has 1 amide bonds. The molecule has 1 aliphatic carbocycles. The van der Waals surface area contributed by atoms with Crippen molar-refractivity contribution in [3.63, 3.8) is 0 Å². The first kappa shape index (κ1) is 19.3. The Bertz CT molecular complexity index is 864. The van der Waals surface area contributed by atoms with E-state index in [1.807, 2.05) is 13.0 Å². The lowest BCUT2D eigenvalue weighted by Gasteiger charge is -2.27. The zero-order valence-electron chi connectivity index (χ0n) is 15.2. The molecule has 0 aliphatic heterocycles. The fourth-order valence-electron chi connectivity index (χ4n) is 3.61. The van der Waals surface area contributed by atoms with E-state index in [1.54, 1.807) is 35.5 Å². The Morgan fingerprint density at radius 2 is 2.19 bits per heavy atom. The molecular formula is C21H22ClN3O2. The molecule has 0 saturated heterocycles. The highest BCUT2D eigenvalue weighted by Gasteiger charge is 2.32. The lowest BCUT2D eigenvalue weighted by atomic mass is 10.0. The fraction of sp³-hybridized carbons (Fsp3) is 0.381. The molecular weight excluding hydrogens is 362 g/mol. The van der Waals surface area contributed by atoms with Crippen LogP contribution in [-0.4, -0.2) is 34.0 Å². The van der Waals surface area contributed by atoms with Gasteiger partial charge in [0.15, 0.2) is 0 Å². The third-order valence-corrected chi connectivity index (χ3v) is 5.27. The van der Waals surface area contributed by atoms with Crippen molar-refractivity contribution in [2.75, 3.05) is 13.1 Å². The standard InChI is InChI=1S/C21H22ClN3O2/c1-2-6-25(13-20(26)14-4-3-5-24-12-14)21(27)17-7-15-9-18(11-23)19(22)10-16(15)8-17/h3-5,9-10,12,17,20,26H,2,6-8,13H2,1H3/t17?,20-/m1/s1. The van der Waals surface area contributed by atoms with Crippen molar-refractivity contribution in [1.29, 1.82) is 5.26 Å². The van der Waals surface area contributed by atoms with Crippen molar-refractivity contribution in [3.05, 3.63) is 63.9 Å². The van der Waals surface area contributed by atoms with Gasteiger partial charge in [-0.1, -0.05) is 24.6 Å². The van der Waals surface area contributed by atoms with Crippen LogP contribution in [0.1, 0.15) is 41.7 Å². The van der Waals surface area contributed by atoms with Gasteiger partial charge in [-0.15, -0.1) is 0 Å². The second-order valence-corrected chi connectivity index (χ2v) is 7.31. The molecule has 2 atom stereocenters. The first-order chi connectivity index (χ1) is 13.0. The average molecular weight is 384 g/mol. The van der Waals surface area contributed by atoms with Crippen molar-refractivity contribution < 1.29 is 9.90 Å². The number of amides is 1. The molecule has 0 bridgehead atoms. The maximum atomic E-state index is 13.1. The van der Waals surface area contributed by atoms with E-state index in [2.05, 4.69) is 11.1 Å². The third-order valence-electron chi connectivity index (χ3n) is 4.96. The van der Waals surface area contributed by atoms with Crippen molar-refractivity contribution in [1.82, 2.24) is 9.88 Å². The van der Waals surface area contributed by atoms with Crippen molar-refractivity contribution in [2.45, 2.75) is 32.3 Å². The van der Waals surface area contributed by atoms with Crippen molar-refractivity contribution in [3.8, 4) is 6.07 Å². The number of rotatable bonds is 6. The van der Waals surface area contributed by atoms with Gasteiger partial charge in [0.05, 0.1) is 23.2 Å². The molecule has 6 heteroatoms. The number of aliphatic hydroxyl groups is 1. The molecule has 1 aliphatic rings. The topological polar surface area (TPSA) is 77.2 Å². The molecule has 2 aromatic rings. The van der Waals surface area contributed by atoms with Gasteiger partial charge in [-0.25, -0.2) is 0 Å². The lowest BCUT2D eigenvalue weighted by Crippen LogP contribution is -2.39. The van der Waals surface area contributed by atoms with E-state index in [0.29, 0.717) is 35.5 Å². The minimum Gasteiger partial charge on any atom is -0.386 e. The molecule has 0 saturated carbocycles. The predicted molar refractivity (Wildman–Crippen MR) is 103 cm³/mol. The Kier molecular flexibility index (Phi) is 6.10. The van der Waals surface area contributed by atoms with E-state index < -0.39 is 6.10 Å². The number of hydrogen-bond acceptors (Lipinski definition) is 4. The molecule has 0 spiro atoms. The normalized spacial score (nSPS) is 16.4. The largest absolute Gasteiger partial charge is 0.386 e.